The number of urea groups is 1. The summed E-state index contributed by atoms with van der Waals surface area (Å²) < 4.78 is 5.73. The quantitative estimate of drug-likeness (QED) is 0.499. The first kappa shape index (κ1) is 17.6. The number of pyridine rings is 1. The highest BCUT2D eigenvalue weighted by Crippen LogP contribution is 2.26. The molecule has 0 aliphatic rings. The summed E-state index contributed by atoms with van der Waals surface area (Å²) in [6.45, 7) is 0. The van der Waals surface area contributed by atoms with Crippen LogP contribution in [0.15, 0.2) is 79.1 Å². The molecule has 0 unspecified atom stereocenters. The highest BCUT2D eigenvalue weighted by atomic mass is 32.1. The first-order chi connectivity index (χ1) is 13.8. The maximum Gasteiger partial charge on any atom is 0.325 e. The Labute approximate surface area is 165 Å². The summed E-state index contributed by atoms with van der Waals surface area (Å²) in [5, 5.41) is 14.6. The van der Waals surface area contributed by atoms with E-state index < -0.39 is 6.03 Å². The third kappa shape index (κ3) is 4.49. The van der Waals surface area contributed by atoms with E-state index in [-0.39, 0.29) is 0 Å². The molecular formula is C20H15N5O2S. The van der Waals surface area contributed by atoms with E-state index in [4.69, 9.17) is 4.74 Å². The molecule has 2 N–H and O–H groups in total. The lowest BCUT2D eigenvalue weighted by atomic mass is 10.3. The van der Waals surface area contributed by atoms with E-state index in [2.05, 4.69) is 25.8 Å². The van der Waals surface area contributed by atoms with Gasteiger partial charge in [-0.05, 0) is 48.5 Å². The van der Waals surface area contributed by atoms with Gasteiger partial charge in [0.05, 0.1) is 0 Å². The summed E-state index contributed by atoms with van der Waals surface area (Å²) >= 11 is 1.29. The van der Waals surface area contributed by atoms with E-state index in [1.54, 1.807) is 36.7 Å². The molecule has 0 spiro atoms. The molecule has 2 aromatic carbocycles. The number of hydrogen-bond acceptors (Lipinski definition) is 6. The van der Waals surface area contributed by atoms with Crippen LogP contribution in [-0.4, -0.2) is 21.2 Å². The van der Waals surface area contributed by atoms with Crippen molar-refractivity contribution in [2.24, 2.45) is 0 Å². The number of nitrogens with zero attached hydrogens (tertiary/aromatic N) is 3. The molecular weight excluding hydrogens is 374 g/mol. The van der Waals surface area contributed by atoms with Crippen LogP contribution in [0.3, 0.4) is 0 Å². The number of ether oxygens (including phenoxy) is 1. The van der Waals surface area contributed by atoms with E-state index >= 15 is 0 Å². The second-order valence-corrected chi connectivity index (χ2v) is 6.64. The topological polar surface area (TPSA) is 89.0 Å². The van der Waals surface area contributed by atoms with Crippen molar-refractivity contribution in [2.45, 2.75) is 0 Å². The van der Waals surface area contributed by atoms with Crippen molar-refractivity contribution in [1.29, 1.82) is 0 Å². The number of anilines is 2. The lowest BCUT2D eigenvalue weighted by molar-refractivity contribution is 0.262. The third-order valence-electron chi connectivity index (χ3n) is 3.66. The zero-order valence-corrected chi connectivity index (χ0v) is 15.4. The van der Waals surface area contributed by atoms with Gasteiger partial charge in [0.2, 0.25) is 5.13 Å². The van der Waals surface area contributed by atoms with Gasteiger partial charge in [-0.3, -0.25) is 10.3 Å². The van der Waals surface area contributed by atoms with Gasteiger partial charge >= 0.3 is 6.03 Å². The number of amides is 2. The first-order valence-corrected chi connectivity index (χ1v) is 9.23. The Hall–Kier alpha value is -3.78. The second-order valence-electron chi connectivity index (χ2n) is 5.67. The van der Waals surface area contributed by atoms with Crippen LogP contribution in [0.2, 0.25) is 0 Å². The van der Waals surface area contributed by atoms with E-state index in [1.165, 1.54) is 11.3 Å². The summed E-state index contributed by atoms with van der Waals surface area (Å²) in [6, 6.07) is 19.9. The van der Waals surface area contributed by atoms with Gasteiger partial charge < -0.3 is 10.1 Å². The Morgan fingerprint density at radius 3 is 2.29 bits per heavy atom. The fourth-order valence-corrected chi connectivity index (χ4v) is 3.12. The Morgan fingerprint density at radius 1 is 0.821 bits per heavy atom. The molecule has 4 rings (SSSR count). The third-order valence-corrected chi connectivity index (χ3v) is 4.55. The van der Waals surface area contributed by atoms with Gasteiger partial charge in [0.25, 0.3) is 0 Å². The molecule has 0 fully saturated rings. The van der Waals surface area contributed by atoms with Crippen LogP contribution < -0.4 is 15.4 Å². The first-order valence-electron chi connectivity index (χ1n) is 8.41. The van der Waals surface area contributed by atoms with E-state index in [0.717, 1.165) is 11.3 Å². The van der Waals surface area contributed by atoms with Crippen molar-refractivity contribution >= 4 is 28.2 Å². The van der Waals surface area contributed by atoms with Crippen molar-refractivity contribution in [3.63, 3.8) is 0 Å². The molecule has 0 saturated heterocycles. The Morgan fingerprint density at radius 2 is 1.54 bits per heavy atom. The standard InChI is InChI=1S/C20H15N5O2S/c26-19(23-20-25-24-18(28-20)14-10-12-21-13-11-14)22-15-6-8-17(9-7-15)27-16-4-2-1-3-5-16/h1-13H,(H2,22,23,25,26). The summed E-state index contributed by atoms with van der Waals surface area (Å²) in [5.74, 6) is 1.44. The van der Waals surface area contributed by atoms with Crippen LogP contribution in [-0.2, 0) is 0 Å². The minimum absolute atomic E-state index is 0.394. The molecule has 0 saturated carbocycles. The summed E-state index contributed by atoms with van der Waals surface area (Å²) in [4.78, 5) is 16.1. The number of para-hydroxylation sites is 1. The summed E-state index contributed by atoms with van der Waals surface area (Å²) in [6.07, 6.45) is 3.36. The summed E-state index contributed by atoms with van der Waals surface area (Å²) in [7, 11) is 0. The van der Waals surface area contributed by atoms with Crippen LogP contribution in [0.25, 0.3) is 10.6 Å². The van der Waals surface area contributed by atoms with Crippen LogP contribution >= 0.6 is 11.3 Å². The fourth-order valence-electron chi connectivity index (χ4n) is 2.38. The average molecular weight is 389 g/mol. The number of carbonyl (C=O) groups is 1. The maximum absolute atomic E-state index is 12.2. The fraction of sp³-hybridized carbons (Fsp3) is 0. The molecule has 2 aromatic heterocycles. The number of rotatable bonds is 5. The Bertz CT molecular complexity index is 1050. The average Bonchev–Trinajstić information content (AvgIpc) is 3.19. The Kier molecular flexibility index (Phi) is 5.21. The molecule has 7 nitrogen and oxygen atoms in total. The number of aromatic nitrogens is 3. The monoisotopic (exact) mass is 389 g/mol. The van der Waals surface area contributed by atoms with Crippen molar-refractivity contribution < 1.29 is 9.53 Å². The Balaban J connectivity index is 1.34. The minimum Gasteiger partial charge on any atom is -0.457 e. The SMILES string of the molecule is O=C(Nc1ccc(Oc2ccccc2)cc1)Nc1nnc(-c2ccncc2)s1. The normalized spacial score (nSPS) is 10.3. The van der Waals surface area contributed by atoms with Crippen LogP contribution in [0.1, 0.15) is 0 Å². The molecule has 2 heterocycles. The van der Waals surface area contributed by atoms with Gasteiger partial charge in [0.15, 0.2) is 0 Å². The molecule has 0 radical (unpaired) electrons. The largest absolute Gasteiger partial charge is 0.457 e. The molecule has 0 aliphatic carbocycles. The van der Waals surface area contributed by atoms with E-state index in [0.29, 0.717) is 21.6 Å². The molecule has 28 heavy (non-hydrogen) atoms. The predicted molar refractivity (Wildman–Crippen MR) is 109 cm³/mol. The molecule has 138 valence electrons. The second kappa shape index (κ2) is 8.28. The zero-order valence-electron chi connectivity index (χ0n) is 14.6. The van der Waals surface area contributed by atoms with Gasteiger partial charge in [0, 0.05) is 23.6 Å². The smallest absolute Gasteiger partial charge is 0.325 e. The predicted octanol–water partition coefficient (Wildman–Crippen LogP) is 5.04. The van der Waals surface area contributed by atoms with Gasteiger partial charge in [-0.15, -0.1) is 10.2 Å². The lowest BCUT2D eigenvalue weighted by Crippen LogP contribution is -2.19. The van der Waals surface area contributed by atoms with Crippen molar-refractivity contribution in [3.8, 4) is 22.1 Å². The maximum atomic E-state index is 12.2. The van der Waals surface area contributed by atoms with E-state index in [9.17, 15) is 4.79 Å². The molecule has 0 bridgehead atoms. The van der Waals surface area contributed by atoms with Gasteiger partial charge in [-0.2, -0.15) is 0 Å². The molecule has 2 amide bonds. The van der Waals surface area contributed by atoms with Crippen LogP contribution in [0.4, 0.5) is 15.6 Å². The number of carbonyl (C=O) groups excluding carboxylic acids is 1. The molecule has 8 heteroatoms. The highest BCUT2D eigenvalue weighted by Gasteiger charge is 2.10. The number of hydrogen-bond donors (Lipinski definition) is 2. The minimum atomic E-state index is -0.394. The number of nitrogens with one attached hydrogen (secondary N) is 2. The van der Waals surface area contributed by atoms with Crippen molar-refractivity contribution in [1.82, 2.24) is 15.2 Å². The van der Waals surface area contributed by atoms with Crippen LogP contribution in [0.5, 0.6) is 11.5 Å². The summed E-state index contributed by atoms with van der Waals surface area (Å²) in [5.41, 5.74) is 1.53. The van der Waals surface area contributed by atoms with Gasteiger partial charge in [-0.25, -0.2) is 4.79 Å². The van der Waals surface area contributed by atoms with Gasteiger partial charge in [-0.1, -0.05) is 29.5 Å². The number of benzene rings is 2. The highest BCUT2D eigenvalue weighted by molar-refractivity contribution is 7.18. The van der Waals surface area contributed by atoms with Crippen LogP contribution in [0, 0.1) is 0 Å². The lowest BCUT2D eigenvalue weighted by Gasteiger charge is -2.08. The zero-order chi connectivity index (χ0) is 19.2. The van der Waals surface area contributed by atoms with Crippen molar-refractivity contribution in [3.05, 3.63) is 79.1 Å². The van der Waals surface area contributed by atoms with Gasteiger partial charge in [0.1, 0.15) is 16.5 Å². The van der Waals surface area contributed by atoms with E-state index in [1.807, 2.05) is 42.5 Å². The van der Waals surface area contributed by atoms with Crippen molar-refractivity contribution in [2.75, 3.05) is 10.6 Å². The molecule has 0 aliphatic heterocycles. The molecule has 4 aromatic rings. The molecule has 0 atom stereocenters.